The minimum absolute atomic E-state index is 0.234. The fourth-order valence-electron chi connectivity index (χ4n) is 3.68. The molecule has 6 heteroatoms. The van der Waals surface area contributed by atoms with Gasteiger partial charge in [-0.1, -0.05) is 19.3 Å². The highest BCUT2D eigenvalue weighted by Gasteiger charge is 2.28. The summed E-state index contributed by atoms with van der Waals surface area (Å²) in [6.07, 6.45) is 6.24. The number of fused-ring (bicyclic) bond motifs is 1. The summed E-state index contributed by atoms with van der Waals surface area (Å²) in [6, 6.07) is 5.39. The molecular formula is C18H27NO4S. The van der Waals surface area contributed by atoms with Crippen molar-refractivity contribution in [3.05, 3.63) is 23.8 Å². The first-order chi connectivity index (χ1) is 11.6. The summed E-state index contributed by atoms with van der Waals surface area (Å²) in [4.78, 5) is 0. The van der Waals surface area contributed by atoms with Gasteiger partial charge in [-0.25, -0.2) is 13.1 Å². The molecule has 1 heterocycles. The van der Waals surface area contributed by atoms with Gasteiger partial charge >= 0.3 is 0 Å². The molecule has 1 unspecified atom stereocenters. The predicted molar refractivity (Wildman–Crippen MR) is 94.0 cm³/mol. The van der Waals surface area contributed by atoms with Crippen LogP contribution in [0.15, 0.2) is 18.2 Å². The van der Waals surface area contributed by atoms with Crippen molar-refractivity contribution in [1.29, 1.82) is 0 Å². The first-order valence-electron chi connectivity index (χ1n) is 8.97. The lowest BCUT2D eigenvalue weighted by atomic mass is 9.91. The minimum atomic E-state index is -3.30. The molecule has 0 radical (unpaired) electrons. The molecule has 24 heavy (non-hydrogen) atoms. The normalized spacial score (nSPS) is 21.8. The Bertz CT molecular complexity index is 653. The van der Waals surface area contributed by atoms with Gasteiger partial charge < -0.3 is 9.47 Å². The van der Waals surface area contributed by atoms with Crippen LogP contribution in [0.25, 0.3) is 0 Å². The maximum Gasteiger partial charge on any atom is 0.212 e. The molecule has 5 nitrogen and oxygen atoms in total. The summed E-state index contributed by atoms with van der Waals surface area (Å²) in [6.45, 7) is 3.04. The van der Waals surface area contributed by atoms with E-state index in [4.69, 9.17) is 9.47 Å². The molecule has 1 aliphatic carbocycles. The standard InChI is InChI=1S/C18H27NO4S/c1-2-22-15-8-9-18-16(12-15)17(10-11-23-18)19-24(20,21)13-14-6-4-3-5-7-14/h8-9,12,14,17,19H,2-7,10-11,13H2,1H3. The van der Waals surface area contributed by atoms with Gasteiger partial charge in [0.15, 0.2) is 0 Å². The molecule has 1 atom stereocenters. The van der Waals surface area contributed by atoms with Crippen molar-refractivity contribution in [2.45, 2.75) is 51.5 Å². The second kappa shape index (κ2) is 7.74. The zero-order chi connectivity index (χ0) is 17.0. The Morgan fingerprint density at radius 3 is 2.75 bits per heavy atom. The van der Waals surface area contributed by atoms with Gasteiger partial charge in [0.25, 0.3) is 0 Å². The Balaban J connectivity index is 1.72. The van der Waals surface area contributed by atoms with Gasteiger partial charge in [-0.05, 0) is 43.9 Å². The number of hydrogen-bond donors (Lipinski definition) is 1. The molecule has 0 bridgehead atoms. The highest BCUT2D eigenvalue weighted by Crippen LogP contribution is 2.35. The fraction of sp³-hybridized carbons (Fsp3) is 0.667. The van der Waals surface area contributed by atoms with Gasteiger partial charge in [0.1, 0.15) is 11.5 Å². The van der Waals surface area contributed by atoms with Gasteiger partial charge in [0, 0.05) is 12.0 Å². The summed E-state index contributed by atoms with van der Waals surface area (Å²) < 4.78 is 39.3. The number of ether oxygens (including phenoxy) is 2. The third-order valence-electron chi connectivity index (χ3n) is 4.83. The number of hydrogen-bond acceptors (Lipinski definition) is 4. The Labute approximate surface area is 144 Å². The molecule has 1 saturated carbocycles. The van der Waals surface area contributed by atoms with Crippen LogP contribution >= 0.6 is 0 Å². The van der Waals surface area contributed by atoms with Crippen LogP contribution in [0.1, 0.15) is 57.1 Å². The molecule has 3 rings (SSSR count). The second-order valence-electron chi connectivity index (χ2n) is 6.73. The Morgan fingerprint density at radius 1 is 1.21 bits per heavy atom. The van der Waals surface area contributed by atoms with Crippen LogP contribution in [0.5, 0.6) is 11.5 Å². The zero-order valence-corrected chi connectivity index (χ0v) is 15.1. The molecule has 0 spiro atoms. The fourth-order valence-corrected chi connectivity index (χ4v) is 5.41. The number of sulfonamides is 1. The average molecular weight is 353 g/mol. The largest absolute Gasteiger partial charge is 0.494 e. The van der Waals surface area contributed by atoms with Crippen LogP contribution < -0.4 is 14.2 Å². The Hall–Kier alpha value is -1.27. The van der Waals surface area contributed by atoms with E-state index >= 15 is 0 Å². The van der Waals surface area contributed by atoms with Crippen LogP contribution in [0.3, 0.4) is 0 Å². The van der Waals surface area contributed by atoms with E-state index in [2.05, 4.69) is 4.72 Å². The Kier molecular flexibility index (Phi) is 5.66. The van der Waals surface area contributed by atoms with Crippen LogP contribution in [0, 0.1) is 5.92 Å². The zero-order valence-electron chi connectivity index (χ0n) is 14.3. The highest BCUT2D eigenvalue weighted by molar-refractivity contribution is 7.89. The lowest BCUT2D eigenvalue weighted by Gasteiger charge is -2.28. The van der Waals surface area contributed by atoms with E-state index in [0.717, 1.165) is 42.7 Å². The topological polar surface area (TPSA) is 64.6 Å². The van der Waals surface area contributed by atoms with E-state index in [1.807, 2.05) is 25.1 Å². The predicted octanol–water partition coefficient (Wildman–Crippen LogP) is 3.41. The molecule has 1 aromatic carbocycles. The van der Waals surface area contributed by atoms with Crippen molar-refractivity contribution in [2.24, 2.45) is 5.92 Å². The minimum Gasteiger partial charge on any atom is -0.494 e. The van der Waals surface area contributed by atoms with Gasteiger partial charge in [-0.15, -0.1) is 0 Å². The molecule has 1 aliphatic heterocycles. The van der Waals surface area contributed by atoms with Crippen LogP contribution in [0.2, 0.25) is 0 Å². The van der Waals surface area contributed by atoms with E-state index in [-0.39, 0.29) is 11.8 Å². The van der Waals surface area contributed by atoms with Crippen molar-refractivity contribution in [3.8, 4) is 11.5 Å². The first-order valence-corrected chi connectivity index (χ1v) is 10.6. The third kappa shape index (κ3) is 4.42. The molecule has 0 saturated heterocycles. The number of benzene rings is 1. The lowest BCUT2D eigenvalue weighted by molar-refractivity contribution is 0.260. The summed E-state index contributed by atoms with van der Waals surface area (Å²) >= 11 is 0. The van der Waals surface area contributed by atoms with Crippen molar-refractivity contribution in [1.82, 2.24) is 4.72 Å². The lowest BCUT2D eigenvalue weighted by Crippen LogP contribution is -2.36. The summed E-state index contributed by atoms with van der Waals surface area (Å²) in [5.74, 6) is 2.03. The monoisotopic (exact) mass is 353 g/mol. The molecule has 1 N–H and O–H groups in total. The summed E-state index contributed by atoms with van der Waals surface area (Å²) in [5.41, 5.74) is 0.874. The summed E-state index contributed by atoms with van der Waals surface area (Å²) in [7, 11) is -3.30. The maximum atomic E-state index is 12.6. The summed E-state index contributed by atoms with van der Waals surface area (Å²) in [5, 5.41) is 0. The molecule has 134 valence electrons. The maximum absolute atomic E-state index is 12.6. The highest BCUT2D eigenvalue weighted by atomic mass is 32.2. The van der Waals surface area contributed by atoms with Gasteiger partial charge in [-0.2, -0.15) is 0 Å². The first kappa shape index (κ1) is 17.5. The van der Waals surface area contributed by atoms with Crippen molar-refractivity contribution in [2.75, 3.05) is 19.0 Å². The van der Waals surface area contributed by atoms with E-state index in [9.17, 15) is 8.42 Å². The second-order valence-corrected chi connectivity index (χ2v) is 8.52. The van der Waals surface area contributed by atoms with Crippen molar-refractivity contribution < 1.29 is 17.9 Å². The van der Waals surface area contributed by atoms with E-state index < -0.39 is 10.0 Å². The van der Waals surface area contributed by atoms with Crippen molar-refractivity contribution >= 4 is 10.0 Å². The Morgan fingerprint density at radius 2 is 2.00 bits per heavy atom. The van der Waals surface area contributed by atoms with E-state index in [0.29, 0.717) is 25.6 Å². The van der Waals surface area contributed by atoms with E-state index in [1.54, 1.807) is 0 Å². The van der Waals surface area contributed by atoms with Crippen LogP contribution in [0.4, 0.5) is 0 Å². The molecule has 1 fully saturated rings. The number of rotatable bonds is 6. The molecule has 1 aromatic rings. The third-order valence-corrected chi connectivity index (χ3v) is 6.39. The van der Waals surface area contributed by atoms with Gasteiger partial charge in [0.05, 0.1) is 25.0 Å². The molecule has 2 aliphatic rings. The van der Waals surface area contributed by atoms with Gasteiger partial charge in [-0.3, -0.25) is 0 Å². The SMILES string of the molecule is CCOc1ccc2c(c1)C(NS(=O)(=O)CC1CCCCC1)CCO2. The number of nitrogens with one attached hydrogen (secondary N) is 1. The van der Waals surface area contributed by atoms with E-state index in [1.165, 1.54) is 6.42 Å². The van der Waals surface area contributed by atoms with Crippen LogP contribution in [-0.4, -0.2) is 27.4 Å². The van der Waals surface area contributed by atoms with Crippen LogP contribution in [-0.2, 0) is 10.0 Å². The quantitative estimate of drug-likeness (QED) is 0.851. The molecule has 0 aromatic heterocycles. The average Bonchev–Trinajstić information content (AvgIpc) is 2.56. The smallest absolute Gasteiger partial charge is 0.212 e. The molecular weight excluding hydrogens is 326 g/mol. The molecule has 0 amide bonds. The van der Waals surface area contributed by atoms with Crippen molar-refractivity contribution in [3.63, 3.8) is 0 Å². The van der Waals surface area contributed by atoms with Gasteiger partial charge in [0.2, 0.25) is 10.0 Å².